The van der Waals surface area contributed by atoms with Crippen molar-refractivity contribution in [2.75, 3.05) is 6.61 Å². The third-order valence-electron chi connectivity index (χ3n) is 4.71. The van der Waals surface area contributed by atoms with Gasteiger partial charge in [0.05, 0.1) is 27.8 Å². The summed E-state index contributed by atoms with van der Waals surface area (Å²) < 4.78 is 8.57. The Morgan fingerprint density at radius 3 is 2.69 bits per heavy atom. The van der Waals surface area contributed by atoms with Crippen LogP contribution in [0.25, 0.3) is 32.8 Å². The van der Waals surface area contributed by atoms with Crippen LogP contribution in [-0.2, 0) is 0 Å². The van der Waals surface area contributed by atoms with Crippen molar-refractivity contribution in [3.63, 3.8) is 0 Å². The highest BCUT2D eigenvalue weighted by molar-refractivity contribution is 9.10. The number of pyridine rings is 2. The third-order valence-corrected chi connectivity index (χ3v) is 5.60. The first kappa shape index (κ1) is 18.3. The predicted molar refractivity (Wildman–Crippen MR) is 116 cm³/mol. The number of halogens is 2. The molecule has 1 atom stereocenters. The molecule has 0 bridgehead atoms. The van der Waals surface area contributed by atoms with Crippen LogP contribution in [0.2, 0.25) is 5.02 Å². The molecular formula is C21H14BrClN4O2. The molecule has 1 unspecified atom stereocenters. The van der Waals surface area contributed by atoms with Crippen LogP contribution >= 0.6 is 27.5 Å². The molecule has 3 aromatic heterocycles. The largest absolute Gasteiger partial charge is 0.487 e. The highest BCUT2D eigenvalue weighted by Crippen LogP contribution is 2.40. The third kappa shape index (κ3) is 3.21. The molecule has 2 aromatic carbocycles. The lowest BCUT2D eigenvalue weighted by Gasteiger charge is -2.17. The van der Waals surface area contributed by atoms with E-state index in [1.165, 1.54) is 6.33 Å². The minimum absolute atomic E-state index is 0.0202. The van der Waals surface area contributed by atoms with Crippen LogP contribution in [0.5, 0.6) is 5.75 Å². The van der Waals surface area contributed by atoms with Gasteiger partial charge in [0.1, 0.15) is 12.4 Å². The van der Waals surface area contributed by atoms with Crippen molar-refractivity contribution in [3.8, 4) is 5.75 Å². The molecule has 6 nitrogen and oxygen atoms in total. The molecule has 29 heavy (non-hydrogen) atoms. The molecule has 0 aliphatic heterocycles. The van der Waals surface area contributed by atoms with Crippen LogP contribution < -0.4 is 4.74 Å². The summed E-state index contributed by atoms with van der Waals surface area (Å²) in [6, 6.07) is 13.4. The minimum Gasteiger partial charge on any atom is -0.487 e. The number of aliphatic hydroxyl groups is 1. The molecule has 144 valence electrons. The molecule has 5 aromatic rings. The number of benzene rings is 2. The van der Waals surface area contributed by atoms with Crippen LogP contribution in [0.3, 0.4) is 0 Å². The second-order valence-corrected chi connectivity index (χ2v) is 7.84. The quantitative estimate of drug-likeness (QED) is 0.370. The molecule has 5 rings (SSSR count). The second kappa shape index (κ2) is 7.26. The number of nitrogens with zero attached hydrogens (tertiary/aromatic N) is 4. The van der Waals surface area contributed by atoms with Crippen molar-refractivity contribution in [2.24, 2.45) is 0 Å². The number of hydrogen-bond donors (Lipinski definition) is 1. The highest BCUT2D eigenvalue weighted by atomic mass is 79.9. The van der Waals surface area contributed by atoms with Gasteiger partial charge in [-0.15, -0.1) is 0 Å². The summed E-state index contributed by atoms with van der Waals surface area (Å²) in [4.78, 5) is 13.3. The minimum atomic E-state index is -0.888. The van der Waals surface area contributed by atoms with Gasteiger partial charge in [-0.1, -0.05) is 39.7 Å². The molecule has 0 radical (unpaired) electrons. The van der Waals surface area contributed by atoms with Crippen molar-refractivity contribution in [2.45, 2.75) is 6.23 Å². The summed E-state index contributed by atoms with van der Waals surface area (Å²) in [6.07, 6.45) is 3.93. The van der Waals surface area contributed by atoms with Crippen LogP contribution in [0.15, 0.2) is 65.7 Å². The van der Waals surface area contributed by atoms with Crippen molar-refractivity contribution in [1.82, 2.24) is 19.5 Å². The fourth-order valence-corrected chi connectivity index (χ4v) is 4.00. The lowest BCUT2D eigenvalue weighted by atomic mass is 10.1. The van der Waals surface area contributed by atoms with E-state index < -0.39 is 6.23 Å². The maximum atomic E-state index is 10.4. The number of fused-ring (bicyclic) bond motifs is 3. The maximum absolute atomic E-state index is 10.4. The maximum Gasteiger partial charge on any atom is 0.166 e. The Balaban J connectivity index is 1.73. The van der Waals surface area contributed by atoms with E-state index in [0.29, 0.717) is 21.8 Å². The number of imidazole rings is 1. The van der Waals surface area contributed by atoms with Gasteiger partial charge in [-0.25, -0.2) is 15.0 Å². The average Bonchev–Trinajstić information content (AvgIpc) is 3.27. The van der Waals surface area contributed by atoms with Crippen molar-refractivity contribution < 1.29 is 9.84 Å². The standard InChI is InChI=1S/C21H14BrClN4O2/c22-12-5-6-16-14(9-12)19(23)18-20(29-10-17(28)27-8-7-24-11-27)13-3-1-2-4-15(13)25-21(18)26-16/h1-9,11,17,28H,10H2. The monoisotopic (exact) mass is 468 g/mol. The topological polar surface area (TPSA) is 73.1 Å². The normalized spacial score (nSPS) is 12.7. The Bertz CT molecular complexity index is 1360. The van der Waals surface area contributed by atoms with Gasteiger partial charge < -0.3 is 14.4 Å². The van der Waals surface area contributed by atoms with Gasteiger partial charge in [-0.05, 0) is 30.3 Å². The van der Waals surface area contributed by atoms with Crippen LogP contribution in [-0.4, -0.2) is 31.2 Å². The summed E-state index contributed by atoms with van der Waals surface area (Å²) >= 11 is 10.3. The number of ether oxygens (including phenoxy) is 1. The fourth-order valence-electron chi connectivity index (χ4n) is 3.32. The Morgan fingerprint density at radius 1 is 1.10 bits per heavy atom. The number of para-hydroxylation sites is 1. The fraction of sp³-hybridized carbons (Fsp3) is 0.0952. The van der Waals surface area contributed by atoms with Gasteiger partial charge in [0, 0.05) is 27.6 Å². The van der Waals surface area contributed by atoms with Crippen molar-refractivity contribution in [1.29, 1.82) is 0 Å². The molecule has 0 fully saturated rings. The Hall–Kier alpha value is -2.74. The molecular weight excluding hydrogens is 456 g/mol. The van der Waals surface area contributed by atoms with Gasteiger partial charge in [0.25, 0.3) is 0 Å². The Kier molecular flexibility index (Phi) is 4.58. The summed E-state index contributed by atoms with van der Waals surface area (Å²) in [5, 5.41) is 13.1. The van der Waals surface area contributed by atoms with E-state index in [1.807, 2.05) is 42.5 Å². The first-order valence-corrected chi connectivity index (χ1v) is 10.0. The van der Waals surface area contributed by atoms with E-state index in [1.54, 1.807) is 17.0 Å². The molecule has 1 N–H and O–H groups in total. The number of hydrogen-bond acceptors (Lipinski definition) is 5. The SMILES string of the molecule is OC(COc1c2ccccc2nc2nc3ccc(Br)cc3c(Cl)c12)n1ccnc1. The summed E-state index contributed by atoms with van der Waals surface area (Å²) in [6.45, 7) is 0.0202. The van der Waals surface area contributed by atoms with Gasteiger partial charge in [-0.2, -0.15) is 0 Å². The van der Waals surface area contributed by atoms with Crippen LogP contribution in [0.4, 0.5) is 0 Å². The van der Waals surface area contributed by atoms with E-state index in [9.17, 15) is 5.11 Å². The molecule has 8 heteroatoms. The van der Waals surface area contributed by atoms with E-state index in [2.05, 4.69) is 25.9 Å². The average molecular weight is 470 g/mol. The van der Waals surface area contributed by atoms with Crippen molar-refractivity contribution in [3.05, 3.63) is 70.7 Å². The first-order chi connectivity index (χ1) is 14.1. The lowest BCUT2D eigenvalue weighted by Crippen LogP contribution is -2.15. The molecule has 0 amide bonds. The van der Waals surface area contributed by atoms with Crippen LogP contribution in [0.1, 0.15) is 6.23 Å². The van der Waals surface area contributed by atoms with E-state index in [0.717, 1.165) is 26.3 Å². The number of aliphatic hydroxyl groups excluding tert-OH is 1. The first-order valence-electron chi connectivity index (χ1n) is 8.87. The van der Waals surface area contributed by atoms with Gasteiger partial charge in [-0.3, -0.25) is 0 Å². The lowest BCUT2D eigenvalue weighted by molar-refractivity contribution is 0.0507. The Labute approximate surface area is 178 Å². The zero-order chi connectivity index (χ0) is 20.0. The zero-order valence-corrected chi connectivity index (χ0v) is 17.3. The molecule has 0 aliphatic carbocycles. The second-order valence-electron chi connectivity index (χ2n) is 6.55. The molecule has 0 saturated heterocycles. The summed E-state index contributed by atoms with van der Waals surface area (Å²) in [5.74, 6) is 0.546. The summed E-state index contributed by atoms with van der Waals surface area (Å²) in [5.41, 5.74) is 1.99. The number of rotatable bonds is 4. The predicted octanol–water partition coefficient (Wildman–Crippen LogP) is 5.12. The van der Waals surface area contributed by atoms with Crippen LogP contribution in [0, 0.1) is 0 Å². The number of aromatic nitrogens is 4. The molecule has 0 spiro atoms. The highest BCUT2D eigenvalue weighted by Gasteiger charge is 2.18. The van der Waals surface area contributed by atoms with Gasteiger partial charge >= 0.3 is 0 Å². The van der Waals surface area contributed by atoms with Gasteiger partial charge in [0.2, 0.25) is 0 Å². The molecule has 3 heterocycles. The summed E-state index contributed by atoms with van der Waals surface area (Å²) in [7, 11) is 0. The smallest absolute Gasteiger partial charge is 0.166 e. The molecule has 0 saturated carbocycles. The van der Waals surface area contributed by atoms with Crippen molar-refractivity contribution >= 4 is 60.4 Å². The Morgan fingerprint density at radius 2 is 1.90 bits per heavy atom. The van der Waals surface area contributed by atoms with E-state index in [-0.39, 0.29) is 6.61 Å². The van der Waals surface area contributed by atoms with E-state index in [4.69, 9.17) is 21.3 Å². The van der Waals surface area contributed by atoms with E-state index >= 15 is 0 Å². The van der Waals surface area contributed by atoms with Gasteiger partial charge in [0.15, 0.2) is 11.9 Å². The zero-order valence-electron chi connectivity index (χ0n) is 15.0. The molecule has 0 aliphatic rings.